The summed E-state index contributed by atoms with van der Waals surface area (Å²) in [5.41, 5.74) is 5.01. The van der Waals surface area contributed by atoms with Crippen LogP contribution in [0.15, 0.2) is 71.7 Å². The van der Waals surface area contributed by atoms with Crippen molar-refractivity contribution in [2.75, 3.05) is 39.3 Å². The maximum absolute atomic E-state index is 13.5. The zero-order chi connectivity index (χ0) is 40.8. The number of carboxylic acids is 1. The number of nitrogens with one attached hydrogen (secondary N) is 1. The van der Waals surface area contributed by atoms with Crippen molar-refractivity contribution < 1.29 is 22.7 Å². The average molecular weight is 800 g/mol. The lowest BCUT2D eigenvalue weighted by atomic mass is 9.33. The zero-order valence-electron chi connectivity index (χ0n) is 35.2. The van der Waals surface area contributed by atoms with Gasteiger partial charge in [-0.1, -0.05) is 65.0 Å². The molecule has 2 aromatic rings. The molecular weight excluding hydrogens is 734 g/mol. The number of aromatic carboxylic acids is 1. The zero-order valence-corrected chi connectivity index (χ0v) is 36.1. The van der Waals surface area contributed by atoms with Crippen LogP contribution in [-0.2, 0) is 10.0 Å². The van der Waals surface area contributed by atoms with Gasteiger partial charge >= 0.3 is 5.97 Å². The topological polar surface area (TPSA) is 90.0 Å². The summed E-state index contributed by atoms with van der Waals surface area (Å²) in [6.07, 6.45) is 13.5. The van der Waals surface area contributed by atoms with Crippen molar-refractivity contribution in [3.63, 3.8) is 0 Å². The summed E-state index contributed by atoms with van der Waals surface area (Å²) in [6, 6.07) is 12.7. The van der Waals surface area contributed by atoms with E-state index in [9.17, 15) is 22.7 Å². The van der Waals surface area contributed by atoms with Gasteiger partial charge in [0, 0.05) is 44.8 Å². The fraction of sp³-hybridized carbons (Fsp3) is 0.646. The molecule has 0 bridgehead atoms. The number of fused-ring (bicyclic) bond motifs is 7. The van der Waals surface area contributed by atoms with Crippen LogP contribution in [0.3, 0.4) is 0 Å². The molecule has 6 aliphatic rings. The van der Waals surface area contributed by atoms with E-state index in [0.29, 0.717) is 61.3 Å². The Morgan fingerprint density at radius 1 is 0.860 bits per heavy atom. The monoisotopic (exact) mass is 799 g/mol. The Labute approximate surface area is 341 Å². The van der Waals surface area contributed by atoms with Crippen molar-refractivity contribution in [2.45, 2.75) is 110 Å². The third-order valence-corrected chi connectivity index (χ3v) is 19.7. The highest BCUT2D eigenvalue weighted by molar-refractivity contribution is 7.89. The number of nitrogens with zero attached hydrogens (tertiary/aromatic N) is 2. The number of carbonyl (C=O) groups is 1. The van der Waals surface area contributed by atoms with E-state index >= 15 is 0 Å². The van der Waals surface area contributed by atoms with Gasteiger partial charge in [0.05, 0.1) is 10.5 Å². The van der Waals surface area contributed by atoms with Crippen LogP contribution in [0, 0.1) is 57.1 Å². The average Bonchev–Trinajstić information content (AvgIpc) is 3.55. The molecule has 9 heteroatoms. The standard InChI is InChI=1S/C48H66FN3O4S/c1-32(2)37-18-23-48(50-26-27-51-28-30-52(31-29-51)57(55,56)36-14-12-35(49)13-15-36)25-24-46(6)39(42(37)48)16-17-41-45(5)21-19-38(33-8-10-34(11-9-33)43(53)54)44(3,4)40(45)20-22-47(41,46)7/h8-15,19,37,39-42,50H,1,16-18,20-31H2,2-7H3,(H,53,54). The lowest BCUT2D eigenvalue weighted by molar-refractivity contribution is -0.219. The normalized spacial score (nSPS) is 37.9. The van der Waals surface area contributed by atoms with Gasteiger partial charge in [0.15, 0.2) is 0 Å². The molecule has 0 spiro atoms. The summed E-state index contributed by atoms with van der Waals surface area (Å²) in [4.78, 5) is 14.2. The Hall–Kier alpha value is -2.85. The third kappa shape index (κ3) is 6.42. The van der Waals surface area contributed by atoms with Gasteiger partial charge in [0.1, 0.15) is 5.82 Å². The number of allylic oxidation sites excluding steroid dienone is 3. The summed E-state index contributed by atoms with van der Waals surface area (Å²) in [5, 5.41) is 13.8. The first-order valence-electron chi connectivity index (χ1n) is 21.8. The minimum absolute atomic E-state index is 0.0114. The van der Waals surface area contributed by atoms with E-state index in [4.69, 9.17) is 0 Å². The van der Waals surface area contributed by atoms with E-state index in [-0.39, 0.29) is 32.1 Å². The van der Waals surface area contributed by atoms with Crippen molar-refractivity contribution in [1.29, 1.82) is 0 Å². The van der Waals surface area contributed by atoms with Crippen molar-refractivity contribution in [1.82, 2.24) is 14.5 Å². The molecule has 9 unspecified atom stereocenters. The highest BCUT2D eigenvalue weighted by Gasteiger charge is 2.70. The van der Waals surface area contributed by atoms with Crippen LogP contribution in [0.4, 0.5) is 4.39 Å². The van der Waals surface area contributed by atoms with E-state index in [1.165, 1.54) is 86.8 Å². The van der Waals surface area contributed by atoms with Crippen LogP contribution in [0.5, 0.6) is 0 Å². The van der Waals surface area contributed by atoms with E-state index < -0.39 is 21.8 Å². The molecule has 5 aliphatic carbocycles. The first-order valence-corrected chi connectivity index (χ1v) is 23.2. The minimum Gasteiger partial charge on any atom is -0.478 e. The van der Waals surface area contributed by atoms with Gasteiger partial charge < -0.3 is 10.4 Å². The van der Waals surface area contributed by atoms with Crippen molar-refractivity contribution in [3.8, 4) is 0 Å². The maximum Gasteiger partial charge on any atom is 0.335 e. The summed E-state index contributed by atoms with van der Waals surface area (Å²) in [5.74, 6) is 1.63. The number of halogens is 1. The number of piperazine rings is 1. The van der Waals surface area contributed by atoms with Crippen LogP contribution >= 0.6 is 0 Å². The van der Waals surface area contributed by atoms with E-state index in [0.717, 1.165) is 25.1 Å². The smallest absolute Gasteiger partial charge is 0.335 e. The molecule has 310 valence electrons. The van der Waals surface area contributed by atoms with E-state index in [1.54, 1.807) is 16.4 Å². The van der Waals surface area contributed by atoms with Gasteiger partial charge in [-0.25, -0.2) is 17.6 Å². The van der Waals surface area contributed by atoms with Crippen LogP contribution in [0.1, 0.15) is 115 Å². The number of carboxylic acid groups (broad SMARTS) is 1. The SMILES string of the molecule is C=C(C)C1CCC2(NCCN3CCN(S(=O)(=O)c4ccc(F)cc4)CC3)CCC3(C)C(CCC4C5(C)CC=C(c6ccc(C(=O)O)cc6)C(C)(C)C5CCC43C)C12. The lowest BCUT2D eigenvalue weighted by Crippen LogP contribution is -2.68. The molecule has 1 saturated heterocycles. The van der Waals surface area contributed by atoms with Crippen molar-refractivity contribution >= 4 is 21.6 Å². The van der Waals surface area contributed by atoms with Gasteiger partial charge in [0.2, 0.25) is 10.0 Å². The maximum atomic E-state index is 13.5. The highest BCUT2D eigenvalue weighted by atomic mass is 32.2. The van der Waals surface area contributed by atoms with Gasteiger partial charge in [-0.05, 0) is 163 Å². The van der Waals surface area contributed by atoms with Crippen molar-refractivity contribution in [3.05, 3.63) is 83.7 Å². The number of rotatable bonds is 9. The summed E-state index contributed by atoms with van der Waals surface area (Å²) in [6.45, 7) is 23.9. The molecule has 0 aromatic heterocycles. The van der Waals surface area contributed by atoms with Gasteiger partial charge in [-0.3, -0.25) is 4.90 Å². The molecule has 8 rings (SSSR count). The quantitative estimate of drug-likeness (QED) is 0.246. The Morgan fingerprint density at radius 2 is 1.54 bits per heavy atom. The van der Waals surface area contributed by atoms with Crippen LogP contribution in [0.2, 0.25) is 0 Å². The molecule has 0 radical (unpaired) electrons. The second-order valence-corrected chi connectivity index (χ2v) is 22.3. The van der Waals surface area contributed by atoms with Gasteiger partial charge in [-0.2, -0.15) is 4.31 Å². The predicted octanol–water partition coefficient (Wildman–Crippen LogP) is 9.52. The molecule has 5 fully saturated rings. The van der Waals surface area contributed by atoms with Crippen molar-refractivity contribution in [2.24, 2.45) is 51.2 Å². The molecule has 2 N–H and O–H groups in total. The summed E-state index contributed by atoms with van der Waals surface area (Å²) >= 11 is 0. The number of benzene rings is 2. The number of hydrogen-bond acceptors (Lipinski definition) is 5. The highest BCUT2D eigenvalue weighted by Crippen LogP contribution is 2.76. The lowest BCUT2D eigenvalue weighted by Gasteiger charge is -2.72. The summed E-state index contributed by atoms with van der Waals surface area (Å²) in [7, 11) is -3.64. The molecular formula is C48H66FN3O4S. The Morgan fingerprint density at radius 3 is 2.19 bits per heavy atom. The molecule has 9 atom stereocenters. The van der Waals surface area contributed by atoms with Gasteiger partial charge in [-0.15, -0.1) is 0 Å². The largest absolute Gasteiger partial charge is 0.478 e. The molecule has 2 aromatic carbocycles. The van der Waals surface area contributed by atoms with E-state index in [1.807, 2.05) is 12.1 Å². The number of hydrogen-bond donors (Lipinski definition) is 2. The fourth-order valence-electron chi connectivity index (χ4n) is 14.8. The minimum atomic E-state index is -3.64. The number of sulfonamides is 1. The fourth-order valence-corrected chi connectivity index (χ4v) is 16.2. The molecule has 57 heavy (non-hydrogen) atoms. The Kier molecular flexibility index (Phi) is 10.3. The molecule has 7 nitrogen and oxygen atoms in total. The second kappa shape index (κ2) is 14.4. The van der Waals surface area contributed by atoms with Crippen LogP contribution in [-0.4, -0.2) is 73.5 Å². The first kappa shape index (κ1) is 40.9. The molecule has 0 amide bonds. The Balaban J connectivity index is 0.977. The second-order valence-electron chi connectivity index (χ2n) is 20.4. The predicted molar refractivity (Wildman–Crippen MR) is 226 cm³/mol. The molecule has 1 aliphatic heterocycles. The Bertz CT molecular complexity index is 2020. The molecule has 1 heterocycles. The molecule has 4 saturated carbocycles. The summed E-state index contributed by atoms with van der Waals surface area (Å²) < 4.78 is 41.5. The first-order chi connectivity index (χ1) is 26.9. The van der Waals surface area contributed by atoms with Crippen LogP contribution in [0.25, 0.3) is 5.57 Å². The van der Waals surface area contributed by atoms with Gasteiger partial charge in [0.25, 0.3) is 0 Å². The third-order valence-electron chi connectivity index (χ3n) is 17.8. The van der Waals surface area contributed by atoms with E-state index in [2.05, 4.69) is 64.4 Å². The van der Waals surface area contributed by atoms with Crippen LogP contribution < -0.4 is 5.32 Å².